The summed E-state index contributed by atoms with van der Waals surface area (Å²) in [4.78, 5) is 23.0. The van der Waals surface area contributed by atoms with Crippen molar-refractivity contribution >= 4 is 11.6 Å². The Balaban J connectivity index is 1.33. The van der Waals surface area contributed by atoms with Gasteiger partial charge in [-0.15, -0.1) is 10.2 Å². The second kappa shape index (κ2) is 9.58. The average molecular weight is 504 g/mol. The second-order valence-corrected chi connectivity index (χ2v) is 9.03. The molecule has 2 saturated heterocycles. The van der Waals surface area contributed by atoms with Crippen molar-refractivity contribution in [1.82, 2.24) is 25.0 Å². The standard InChI is InChI=1S/C24H24F4N6O2/c1-2-32-11-19(12-32)33-13-24(28,14-33)23(35)34(18-5-3-4-16(25)8-18)10-17-7-6-15(9-29-17)21-30-31-22(36-21)20(26)27/h3-9,19-20H,2,10-14H2,1H3. The number of anilines is 1. The Bertz CT molecular complexity index is 1230. The van der Waals surface area contributed by atoms with Gasteiger partial charge in [0.25, 0.3) is 11.8 Å². The van der Waals surface area contributed by atoms with Gasteiger partial charge < -0.3 is 14.2 Å². The van der Waals surface area contributed by atoms with Gasteiger partial charge in [0.1, 0.15) is 5.82 Å². The SMILES string of the molecule is CCN1CC(N2CC(F)(C(=O)N(Cc3ccc(-c4nnc(C(F)F)o4)cn3)c3cccc(F)c3)C2)C1. The van der Waals surface area contributed by atoms with Crippen molar-refractivity contribution in [3.05, 3.63) is 60.0 Å². The molecule has 0 N–H and O–H groups in total. The molecular weight excluding hydrogens is 480 g/mol. The summed E-state index contributed by atoms with van der Waals surface area (Å²) in [5.41, 5.74) is -1.20. The first-order chi connectivity index (χ1) is 17.3. The number of likely N-dealkylation sites (tertiary alicyclic amines) is 2. The van der Waals surface area contributed by atoms with E-state index >= 15 is 4.39 Å². The molecule has 0 unspecified atom stereocenters. The first-order valence-corrected chi connectivity index (χ1v) is 11.6. The summed E-state index contributed by atoms with van der Waals surface area (Å²) >= 11 is 0. The molecule has 0 spiro atoms. The van der Waals surface area contributed by atoms with E-state index in [0.717, 1.165) is 19.6 Å². The van der Waals surface area contributed by atoms with Crippen LogP contribution in [0.15, 0.2) is 47.0 Å². The maximum absolute atomic E-state index is 15.7. The molecule has 4 heterocycles. The molecule has 1 amide bonds. The summed E-state index contributed by atoms with van der Waals surface area (Å²) in [6, 6.07) is 8.67. The van der Waals surface area contributed by atoms with Crippen LogP contribution in [0.5, 0.6) is 0 Å². The van der Waals surface area contributed by atoms with Crippen LogP contribution in [-0.4, -0.2) is 75.3 Å². The van der Waals surface area contributed by atoms with Gasteiger partial charge in [-0.3, -0.25) is 14.7 Å². The van der Waals surface area contributed by atoms with Crippen LogP contribution in [0.2, 0.25) is 0 Å². The number of rotatable bonds is 8. The van der Waals surface area contributed by atoms with Gasteiger partial charge in [-0.25, -0.2) is 8.78 Å². The third-order valence-electron chi connectivity index (χ3n) is 6.58. The largest absolute Gasteiger partial charge is 0.415 e. The highest BCUT2D eigenvalue weighted by atomic mass is 19.3. The average Bonchev–Trinajstić information content (AvgIpc) is 3.31. The highest BCUT2D eigenvalue weighted by Gasteiger charge is 2.55. The fourth-order valence-corrected chi connectivity index (χ4v) is 4.43. The van der Waals surface area contributed by atoms with Gasteiger partial charge in [0.05, 0.1) is 17.8 Å². The van der Waals surface area contributed by atoms with E-state index in [1.807, 2.05) is 4.90 Å². The van der Waals surface area contributed by atoms with Crippen LogP contribution in [0.4, 0.5) is 23.2 Å². The maximum atomic E-state index is 15.7. The lowest BCUT2D eigenvalue weighted by Gasteiger charge is -2.54. The zero-order valence-electron chi connectivity index (χ0n) is 19.5. The van der Waals surface area contributed by atoms with E-state index in [-0.39, 0.29) is 37.3 Å². The van der Waals surface area contributed by atoms with E-state index in [4.69, 9.17) is 4.42 Å². The zero-order valence-corrected chi connectivity index (χ0v) is 19.5. The lowest BCUT2D eigenvalue weighted by atomic mass is 9.90. The summed E-state index contributed by atoms with van der Waals surface area (Å²) in [5, 5.41) is 6.86. The second-order valence-electron chi connectivity index (χ2n) is 9.03. The van der Waals surface area contributed by atoms with E-state index in [0.29, 0.717) is 11.3 Å². The fraction of sp³-hybridized carbons (Fsp3) is 0.417. The first-order valence-electron chi connectivity index (χ1n) is 11.6. The van der Waals surface area contributed by atoms with Crippen molar-refractivity contribution in [3.63, 3.8) is 0 Å². The Labute approximate surface area is 204 Å². The fourth-order valence-electron chi connectivity index (χ4n) is 4.43. The van der Waals surface area contributed by atoms with Crippen molar-refractivity contribution in [1.29, 1.82) is 0 Å². The van der Waals surface area contributed by atoms with Gasteiger partial charge in [-0.1, -0.05) is 13.0 Å². The van der Waals surface area contributed by atoms with E-state index in [9.17, 15) is 18.0 Å². The summed E-state index contributed by atoms with van der Waals surface area (Å²) in [6.07, 6.45) is -1.56. The molecule has 0 atom stereocenters. The molecule has 12 heteroatoms. The van der Waals surface area contributed by atoms with Gasteiger partial charge in [0, 0.05) is 44.1 Å². The van der Waals surface area contributed by atoms with E-state index < -0.39 is 29.7 Å². The zero-order chi connectivity index (χ0) is 25.4. The van der Waals surface area contributed by atoms with Gasteiger partial charge in [0.2, 0.25) is 11.6 Å². The third kappa shape index (κ3) is 4.70. The lowest BCUT2D eigenvalue weighted by molar-refractivity contribution is -0.150. The normalized spacial score (nSPS) is 18.2. The molecule has 0 radical (unpaired) electrons. The van der Waals surface area contributed by atoms with Crippen LogP contribution in [-0.2, 0) is 11.3 Å². The Hall–Kier alpha value is -3.38. The van der Waals surface area contributed by atoms with E-state index in [1.54, 1.807) is 0 Å². The molecule has 2 aliphatic rings. The molecule has 36 heavy (non-hydrogen) atoms. The van der Waals surface area contributed by atoms with Gasteiger partial charge >= 0.3 is 6.43 Å². The number of halogens is 4. The summed E-state index contributed by atoms with van der Waals surface area (Å²) in [5.74, 6) is -2.25. The van der Waals surface area contributed by atoms with Crippen LogP contribution in [0.3, 0.4) is 0 Å². The number of benzene rings is 1. The van der Waals surface area contributed by atoms with Crippen molar-refractivity contribution < 1.29 is 26.8 Å². The maximum Gasteiger partial charge on any atom is 0.314 e. The van der Waals surface area contributed by atoms with Gasteiger partial charge in [-0.2, -0.15) is 8.78 Å². The summed E-state index contributed by atoms with van der Waals surface area (Å²) in [7, 11) is 0. The van der Waals surface area contributed by atoms with Crippen LogP contribution < -0.4 is 4.90 Å². The van der Waals surface area contributed by atoms with Crippen LogP contribution >= 0.6 is 0 Å². The van der Waals surface area contributed by atoms with Crippen LogP contribution in [0.25, 0.3) is 11.5 Å². The van der Waals surface area contributed by atoms with Crippen molar-refractivity contribution in [2.75, 3.05) is 37.6 Å². The van der Waals surface area contributed by atoms with Crippen molar-refractivity contribution in [2.24, 2.45) is 0 Å². The molecule has 3 aromatic rings. The van der Waals surface area contributed by atoms with Gasteiger partial charge in [0.15, 0.2) is 0 Å². The highest BCUT2D eigenvalue weighted by molar-refractivity contribution is 6.00. The number of hydrogen-bond donors (Lipinski definition) is 0. The Morgan fingerprint density at radius 2 is 2.00 bits per heavy atom. The summed E-state index contributed by atoms with van der Waals surface area (Å²) in [6.45, 7) is 4.55. The number of carbonyl (C=O) groups excluding carboxylic acids is 1. The molecule has 2 aromatic heterocycles. The molecule has 0 bridgehead atoms. The number of alkyl halides is 3. The topological polar surface area (TPSA) is 78.6 Å². The molecule has 0 aliphatic carbocycles. The molecule has 1 aromatic carbocycles. The number of hydrogen-bond acceptors (Lipinski definition) is 7. The smallest absolute Gasteiger partial charge is 0.314 e. The van der Waals surface area contributed by atoms with Crippen LogP contribution in [0.1, 0.15) is 24.9 Å². The Morgan fingerprint density at radius 1 is 1.22 bits per heavy atom. The minimum absolute atomic E-state index is 0.0180. The van der Waals surface area contributed by atoms with Crippen molar-refractivity contribution in [2.45, 2.75) is 31.6 Å². The molecule has 2 fully saturated rings. The molecule has 8 nitrogen and oxygen atoms in total. The third-order valence-corrected chi connectivity index (χ3v) is 6.58. The number of carbonyl (C=O) groups is 1. The minimum atomic E-state index is -2.89. The molecular formula is C24H24F4N6O2. The number of amides is 1. The Kier molecular flexibility index (Phi) is 6.47. The number of pyridine rings is 1. The predicted octanol–water partition coefficient (Wildman–Crippen LogP) is 3.47. The van der Waals surface area contributed by atoms with E-state index in [2.05, 4.69) is 27.0 Å². The number of likely N-dealkylation sites (N-methyl/N-ethyl adjacent to an activating group) is 1. The van der Waals surface area contributed by atoms with Crippen LogP contribution in [0, 0.1) is 5.82 Å². The molecule has 5 rings (SSSR count). The quantitative estimate of drug-likeness (QED) is 0.435. The molecule has 2 aliphatic heterocycles. The molecule has 190 valence electrons. The highest BCUT2D eigenvalue weighted by Crippen LogP contribution is 2.34. The van der Waals surface area contributed by atoms with Crippen molar-refractivity contribution in [3.8, 4) is 11.5 Å². The number of aromatic nitrogens is 3. The lowest BCUT2D eigenvalue weighted by Crippen LogP contribution is -2.73. The van der Waals surface area contributed by atoms with E-state index in [1.165, 1.54) is 47.5 Å². The monoisotopic (exact) mass is 504 g/mol. The number of nitrogens with zero attached hydrogens (tertiary/aromatic N) is 6. The Morgan fingerprint density at radius 3 is 2.61 bits per heavy atom. The first kappa shape index (κ1) is 24.3. The van der Waals surface area contributed by atoms with Gasteiger partial charge in [-0.05, 0) is 36.9 Å². The molecule has 0 saturated carbocycles. The predicted molar refractivity (Wildman–Crippen MR) is 121 cm³/mol. The summed E-state index contributed by atoms with van der Waals surface area (Å²) < 4.78 is 60.0. The minimum Gasteiger partial charge on any atom is -0.415 e.